The number of halogens is 1. The first-order valence-corrected chi connectivity index (χ1v) is 4.60. The summed E-state index contributed by atoms with van der Waals surface area (Å²) < 4.78 is 5.15. The number of rotatable bonds is 3. The molecule has 2 N–H and O–H groups in total. The molecule has 0 fully saturated rings. The molecule has 0 aromatic heterocycles. The zero-order valence-electron chi connectivity index (χ0n) is 7.93. The molecule has 13 heavy (non-hydrogen) atoms. The summed E-state index contributed by atoms with van der Waals surface area (Å²) >= 11 is 6.00. The number of hydrogen-bond donors (Lipinski definition) is 1. The Hall–Kier alpha value is -0.730. The standard InChI is InChI=1S/C10H14ClNO/c1-7-5-8(3-4-12)6-9(11)10(7)13-2/h5-6H,3-4,12H2,1-2H3. The van der Waals surface area contributed by atoms with Crippen molar-refractivity contribution in [3.05, 3.63) is 28.3 Å². The molecule has 0 saturated carbocycles. The summed E-state index contributed by atoms with van der Waals surface area (Å²) in [6.45, 7) is 2.62. The van der Waals surface area contributed by atoms with Crippen LogP contribution in [0, 0.1) is 6.92 Å². The van der Waals surface area contributed by atoms with Gasteiger partial charge in [-0.25, -0.2) is 0 Å². The lowest BCUT2D eigenvalue weighted by molar-refractivity contribution is 0.412. The predicted molar refractivity (Wildman–Crippen MR) is 55.5 cm³/mol. The zero-order valence-corrected chi connectivity index (χ0v) is 8.69. The Bertz CT molecular complexity index is 276. The third-order valence-electron chi connectivity index (χ3n) is 1.93. The number of benzene rings is 1. The minimum absolute atomic E-state index is 0.641. The zero-order chi connectivity index (χ0) is 9.84. The first-order chi connectivity index (χ1) is 6.19. The highest BCUT2D eigenvalue weighted by Gasteiger charge is 2.05. The summed E-state index contributed by atoms with van der Waals surface area (Å²) in [6, 6.07) is 3.96. The molecule has 0 amide bonds. The third-order valence-corrected chi connectivity index (χ3v) is 2.21. The maximum Gasteiger partial charge on any atom is 0.140 e. The summed E-state index contributed by atoms with van der Waals surface area (Å²) in [6.07, 6.45) is 0.852. The minimum atomic E-state index is 0.641. The van der Waals surface area contributed by atoms with Gasteiger partial charge < -0.3 is 10.5 Å². The van der Waals surface area contributed by atoms with Crippen LogP contribution in [0.5, 0.6) is 5.75 Å². The monoisotopic (exact) mass is 199 g/mol. The molecule has 0 unspecified atom stereocenters. The number of hydrogen-bond acceptors (Lipinski definition) is 2. The van der Waals surface area contributed by atoms with Crippen molar-refractivity contribution in [1.82, 2.24) is 0 Å². The molecule has 0 radical (unpaired) electrons. The molecule has 1 aromatic carbocycles. The van der Waals surface area contributed by atoms with E-state index in [1.54, 1.807) is 7.11 Å². The van der Waals surface area contributed by atoms with Gasteiger partial charge in [-0.15, -0.1) is 0 Å². The Balaban J connectivity index is 3.05. The van der Waals surface area contributed by atoms with Gasteiger partial charge in [0.25, 0.3) is 0 Å². The van der Waals surface area contributed by atoms with E-state index in [-0.39, 0.29) is 0 Å². The summed E-state index contributed by atoms with van der Waals surface area (Å²) in [5.74, 6) is 0.752. The second kappa shape index (κ2) is 4.49. The van der Waals surface area contributed by atoms with Crippen molar-refractivity contribution in [2.45, 2.75) is 13.3 Å². The molecule has 0 spiro atoms. The molecular weight excluding hydrogens is 186 g/mol. The van der Waals surface area contributed by atoms with E-state index >= 15 is 0 Å². The van der Waals surface area contributed by atoms with Crippen molar-refractivity contribution in [3.8, 4) is 5.75 Å². The fourth-order valence-corrected chi connectivity index (χ4v) is 1.74. The molecule has 0 atom stereocenters. The lowest BCUT2D eigenvalue weighted by Gasteiger charge is -2.09. The number of ether oxygens (including phenoxy) is 1. The van der Waals surface area contributed by atoms with Gasteiger partial charge in [0.05, 0.1) is 12.1 Å². The number of methoxy groups -OCH3 is 1. The summed E-state index contributed by atoms with van der Waals surface area (Å²) in [4.78, 5) is 0. The van der Waals surface area contributed by atoms with Gasteiger partial charge in [0.15, 0.2) is 0 Å². The van der Waals surface area contributed by atoms with E-state index < -0.39 is 0 Å². The fourth-order valence-electron chi connectivity index (χ4n) is 1.37. The average Bonchev–Trinajstić information content (AvgIpc) is 2.04. The molecule has 1 aromatic rings. The van der Waals surface area contributed by atoms with E-state index in [1.165, 1.54) is 0 Å². The van der Waals surface area contributed by atoms with Crippen LogP contribution in [0.15, 0.2) is 12.1 Å². The van der Waals surface area contributed by atoms with Crippen LogP contribution in [-0.2, 0) is 6.42 Å². The van der Waals surface area contributed by atoms with Gasteiger partial charge in [-0.05, 0) is 37.1 Å². The number of nitrogens with two attached hydrogens (primary N) is 1. The van der Waals surface area contributed by atoms with E-state index in [9.17, 15) is 0 Å². The highest BCUT2D eigenvalue weighted by molar-refractivity contribution is 6.32. The van der Waals surface area contributed by atoms with Crippen LogP contribution < -0.4 is 10.5 Å². The molecular formula is C10H14ClNO. The van der Waals surface area contributed by atoms with Crippen molar-refractivity contribution in [3.63, 3.8) is 0 Å². The highest BCUT2D eigenvalue weighted by Crippen LogP contribution is 2.29. The van der Waals surface area contributed by atoms with Crippen molar-refractivity contribution in [1.29, 1.82) is 0 Å². The smallest absolute Gasteiger partial charge is 0.140 e. The van der Waals surface area contributed by atoms with E-state index in [0.29, 0.717) is 11.6 Å². The minimum Gasteiger partial charge on any atom is -0.495 e. The number of aryl methyl sites for hydroxylation is 1. The largest absolute Gasteiger partial charge is 0.495 e. The van der Waals surface area contributed by atoms with Gasteiger partial charge in [-0.2, -0.15) is 0 Å². The van der Waals surface area contributed by atoms with E-state index in [4.69, 9.17) is 22.1 Å². The molecule has 0 saturated heterocycles. The van der Waals surface area contributed by atoms with Crippen LogP contribution in [0.3, 0.4) is 0 Å². The van der Waals surface area contributed by atoms with Crippen molar-refractivity contribution in [2.75, 3.05) is 13.7 Å². The summed E-state index contributed by atoms with van der Waals surface area (Å²) in [5, 5.41) is 0.658. The molecule has 2 nitrogen and oxygen atoms in total. The Morgan fingerprint density at radius 1 is 1.46 bits per heavy atom. The Labute approximate surface area is 83.6 Å². The van der Waals surface area contributed by atoms with Gasteiger partial charge in [-0.3, -0.25) is 0 Å². The SMILES string of the molecule is COc1c(C)cc(CCN)cc1Cl. The highest BCUT2D eigenvalue weighted by atomic mass is 35.5. The molecule has 0 bridgehead atoms. The topological polar surface area (TPSA) is 35.2 Å². The maximum absolute atomic E-state index is 6.00. The first-order valence-electron chi connectivity index (χ1n) is 4.22. The average molecular weight is 200 g/mol. The molecule has 72 valence electrons. The van der Waals surface area contributed by atoms with Crippen LogP contribution in [0.2, 0.25) is 5.02 Å². The fraction of sp³-hybridized carbons (Fsp3) is 0.400. The molecule has 0 aliphatic rings. The van der Waals surface area contributed by atoms with Crippen LogP contribution in [0.25, 0.3) is 0 Å². The van der Waals surface area contributed by atoms with E-state index in [1.807, 2.05) is 13.0 Å². The van der Waals surface area contributed by atoms with Crippen LogP contribution in [-0.4, -0.2) is 13.7 Å². The second-order valence-corrected chi connectivity index (χ2v) is 3.37. The predicted octanol–water partition coefficient (Wildman–Crippen LogP) is 2.16. The Morgan fingerprint density at radius 3 is 2.62 bits per heavy atom. The van der Waals surface area contributed by atoms with Crippen molar-refractivity contribution in [2.24, 2.45) is 5.73 Å². The van der Waals surface area contributed by atoms with Gasteiger partial charge in [0.2, 0.25) is 0 Å². The van der Waals surface area contributed by atoms with Crippen LogP contribution in [0.1, 0.15) is 11.1 Å². The normalized spacial score (nSPS) is 10.2. The molecule has 0 aliphatic heterocycles. The van der Waals surface area contributed by atoms with Crippen LogP contribution >= 0.6 is 11.6 Å². The van der Waals surface area contributed by atoms with Crippen LogP contribution in [0.4, 0.5) is 0 Å². The van der Waals surface area contributed by atoms with Gasteiger partial charge >= 0.3 is 0 Å². The van der Waals surface area contributed by atoms with Gasteiger partial charge in [-0.1, -0.05) is 17.7 Å². The Morgan fingerprint density at radius 2 is 2.15 bits per heavy atom. The quantitative estimate of drug-likeness (QED) is 0.810. The molecule has 3 heteroatoms. The summed E-state index contributed by atoms with van der Waals surface area (Å²) in [7, 11) is 1.62. The molecule has 0 heterocycles. The van der Waals surface area contributed by atoms with Gasteiger partial charge in [0, 0.05) is 0 Å². The lowest BCUT2D eigenvalue weighted by atomic mass is 10.1. The summed E-state index contributed by atoms with van der Waals surface area (Å²) in [5.41, 5.74) is 7.67. The third kappa shape index (κ3) is 2.36. The van der Waals surface area contributed by atoms with Crippen molar-refractivity contribution < 1.29 is 4.74 Å². The van der Waals surface area contributed by atoms with E-state index in [2.05, 4.69) is 6.07 Å². The first kappa shape index (κ1) is 10.4. The lowest BCUT2D eigenvalue weighted by Crippen LogP contribution is -2.03. The maximum atomic E-state index is 6.00. The Kier molecular flexibility index (Phi) is 3.58. The van der Waals surface area contributed by atoms with Gasteiger partial charge in [0.1, 0.15) is 5.75 Å². The van der Waals surface area contributed by atoms with Crippen molar-refractivity contribution >= 4 is 11.6 Å². The van der Waals surface area contributed by atoms with E-state index in [0.717, 1.165) is 23.3 Å². The second-order valence-electron chi connectivity index (χ2n) is 2.97. The molecule has 0 aliphatic carbocycles. The molecule has 1 rings (SSSR count).